The summed E-state index contributed by atoms with van der Waals surface area (Å²) in [4.78, 5) is 44.8. The van der Waals surface area contributed by atoms with E-state index in [0.29, 0.717) is 44.7 Å². The van der Waals surface area contributed by atoms with E-state index in [1.54, 1.807) is 28.2 Å². The molecule has 2 aromatic carbocycles. The van der Waals surface area contributed by atoms with E-state index >= 15 is 0 Å². The third-order valence-corrected chi connectivity index (χ3v) is 11.7. The van der Waals surface area contributed by atoms with Crippen molar-refractivity contribution in [3.63, 3.8) is 0 Å². The predicted octanol–water partition coefficient (Wildman–Crippen LogP) is 2.89. The Balaban J connectivity index is 1.12. The minimum absolute atomic E-state index is 0.0290. The van der Waals surface area contributed by atoms with Gasteiger partial charge >= 0.3 is 296 Å². The number of phenolic OH excluding ortho intramolecular Hbond substituents is 1. The van der Waals surface area contributed by atoms with Crippen LogP contribution in [0.5, 0.6) is 5.75 Å². The van der Waals surface area contributed by atoms with E-state index in [1.165, 1.54) is 0 Å². The number of aromatic hydroxyl groups is 1. The fraction of sp³-hybridized carbons (Fsp3) is 0.450. The second kappa shape index (κ2) is 16.5. The molecular weight excluding hydrogens is 713 g/mol. The van der Waals surface area contributed by atoms with Gasteiger partial charge in [0.05, 0.1) is 0 Å². The first kappa shape index (κ1) is 37.2. The molecule has 13 heteroatoms. The number of piperazine rings is 2. The number of phenols is 1. The van der Waals surface area contributed by atoms with Gasteiger partial charge in [-0.05, 0) is 13.5 Å². The summed E-state index contributed by atoms with van der Waals surface area (Å²) in [5, 5.41) is 16.5. The van der Waals surface area contributed by atoms with Crippen LogP contribution in [-0.2, 0) is 39.6 Å². The molecule has 0 saturated carbocycles. The molecule has 1 aromatic heterocycles. The number of hydrogen-bond acceptors (Lipinski definition) is 9. The Labute approximate surface area is 320 Å². The van der Waals surface area contributed by atoms with Crippen molar-refractivity contribution in [3.05, 3.63) is 102 Å². The fourth-order valence-electron chi connectivity index (χ4n) is 8.15. The van der Waals surface area contributed by atoms with E-state index in [1.807, 2.05) is 53.4 Å². The van der Waals surface area contributed by atoms with Crippen LogP contribution in [0, 0.1) is 0 Å². The van der Waals surface area contributed by atoms with Crippen molar-refractivity contribution in [2.24, 2.45) is 0 Å². The van der Waals surface area contributed by atoms with Crippen molar-refractivity contribution in [1.29, 1.82) is 0 Å². The van der Waals surface area contributed by atoms with Crippen LogP contribution in [0.1, 0.15) is 30.7 Å². The zero-order valence-corrected chi connectivity index (χ0v) is 31.7. The Bertz CT molecular complexity index is 1770. The van der Waals surface area contributed by atoms with Gasteiger partial charge in [-0.1, -0.05) is 6.92 Å². The third kappa shape index (κ3) is 8.20. The van der Waals surface area contributed by atoms with Crippen LogP contribution >= 0.6 is 0 Å². The van der Waals surface area contributed by atoms with E-state index in [0.717, 1.165) is 66.5 Å². The molecule has 4 aliphatic heterocycles. The number of rotatable bonds is 11. The molecule has 53 heavy (non-hydrogen) atoms. The molecule has 3 amide bonds. The number of nitrogens with one attached hydrogen (secondary N) is 1. The van der Waals surface area contributed by atoms with Crippen molar-refractivity contribution >= 4 is 22.3 Å². The number of likely N-dealkylation sites (N-methyl/N-ethyl adjacent to an activating group) is 1. The van der Waals surface area contributed by atoms with Gasteiger partial charge in [0.25, 0.3) is 0 Å². The average Bonchev–Trinajstić information content (AvgIpc) is 3.13. The van der Waals surface area contributed by atoms with Crippen molar-refractivity contribution in [3.8, 4) is 5.75 Å². The second-order valence-electron chi connectivity index (χ2n) is 14.5. The first-order valence-electron chi connectivity index (χ1n) is 18.7. The number of amides is 3. The van der Waals surface area contributed by atoms with Crippen LogP contribution in [0.15, 0.2) is 85.5 Å². The summed E-state index contributed by atoms with van der Waals surface area (Å²) < 4.78 is 0.730. The Hall–Kier alpha value is -4.11. The maximum atomic E-state index is 14.1. The molecule has 2 N–H and O–H groups in total. The van der Waals surface area contributed by atoms with Gasteiger partial charge in [-0.3, -0.25) is 4.90 Å². The number of pyridine rings is 1. The van der Waals surface area contributed by atoms with Gasteiger partial charge in [0, 0.05) is 0 Å². The quantitative estimate of drug-likeness (QED) is 0.286. The molecular formula is C40H51CoN9O3. The summed E-state index contributed by atoms with van der Waals surface area (Å²) >= 11 is 5.18. The van der Waals surface area contributed by atoms with E-state index < -0.39 is 12.2 Å². The van der Waals surface area contributed by atoms with Crippen LogP contribution in [0.4, 0.5) is 10.6 Å². The van der Waals surface area contributed by atoms with Crippen LogP contribution in [-0.4, -0.2) is 139 Å². The number of benzene rings is 2. The number of hydrazine groups is 1. The molecule has 12 nitrogen and oxygen atoms in total. The minimum atomic E-state index is -0.612. The summed E-state index contributed by atoms with van der Waals surface area (Å²) in [6, 6.07) is 23.4. The molecule has 283 valence electrons. The normalized spacial score (nSPS) is 23.5. The van der Waals surface area contributed by atoms with Crippen LogP contribution in [0.2, 0.25) is 0 Å². The Morgan fingerprint density at radius 1 is 1.00 bits per heavy atom. The molecule has 3 atom stereocenters. The van der Waals surface area contributed by atoms with E-state index in [2.05, 4.69) is 57.5 Å². The number of aromatic nitrogens is 1. The van der Waals surface area contributed by atoms with Crippen molar-refractivity contribution in [1.82, 2.24) is 39.9 Å². The molecule has 0 unspecified atom stereocenters. The third-order valence-electron chi connectivity index (χ3n) is 11.0. The molecule has 5 heterocycles. The van der Waals surface area contributed by atoms with Crippen LogP contribution in [0.3, 0.4) is 0 Å². The Morgan fingerprint density at radius 2 is 1.77 bits per heavy atom. The molecule has 0 spiro atoms. The number of anilines is 1. The van der Waals surface area contributed by atoms with Gasteiger partial charge in [0.2, 0.25) is 0 Å². The summed E-state index contributed by atoms with van der Waals surface area (Å²) in [5.41, 5.74) is 2.82. The van der Waals surface area contributed by atoms with Gasteiger partial charge in [0.1, 0.15) is 0 Å². The molecule has 4 aliphatic rings. The van der Waals surface area contributed by atoms with Crippen LogP contribution in [0.25, 0.3) is 0 Å². The van der Waals surface area contributed by atoms with Crippen molar-refractivity contribution in [2.45, 2.75) is 57.6 Å². The summed E-state index contributed by atoms with van der Waals surface area (Å²) in [6.07, 6.45) is 1.57. The zero-order valence-electron chi connectivity index (χ0n) is 30.7. The van der Waals surface area contributed by atoms with E-state index in [9.17, 15) is 14.7 Å². The number of nitrogens with zero attached hydrogens (tertiary/aromatic N) is 8. The Kier molecular flexibility index (Phi) is 11.6. The average molecular weight is 765 g/mol. The molecule has 0 bridgehead atoms. The molecule has 0 radical (unpaired) electrons. The monoisotopic (exact) mass is 764 g/mol. The molecule has 7 rings (SSSR count). The molecule has 4 fully saturated rings. The Morgan fingerprint density at radius 3 is 2.49 bits per heavy atom. The van der Waals surface area contributed by atoms with Gasteiger partial charge in [-0.25, -0.2) is 0 Å². The first-order valence-corrected chi connectivity index (χ1v) is 19.2. The topological polar surface area (TPSA) is 102 Å². The summed E-state index contributed by atoms with van der Waals surface area (Å²) in [7, 11) is 0. The SMILES string of the molecule is C=CCN1CC(=O)N2[C@@H](Cc3ccc(O)cc3)[C](=[Co])N(Cc3cccc(N4CC(N5CCN(CC)[C@@H](C)C5)C4)n3)C[C@@H]2N1C(=O)NCc1ccccc1. The van der Waals surface area contributed by atoms with E-state index in [-0.39, 0.29) is 24.2 Å². The van der Waals surface area contributed by atoms with Gasteiger partial charge < -0.3 is 0 Å². The van der Waals surface area contributed by atoms with Crippen molar-refractivity contribution in [2.75, 3.05) is 63.8 Å². The number of carbonyl (C=O) groups is 2. The predicted molar refractivity (Wildman–Crippen MR) is 202 cm³/mol. The number of urea groups is 1. The number of hydrogen-bond donors (Lipinski definition) is 2. The maximum absolute atomic E-state index is 14.1. The molecule has 4 saturated heterocycles. The summed E-state index contributed by atoms with van der Waals surface area (Å²) in [5.74, 6) is 1.05. The summed E-state index contributed by atoms with van der Waals surface area (Å²) in [6.45, 7) is 16.4. The first-order chi connectivity index (χ1) is 25.7. The van der Waals surface area contributed by atoms with Gasteiger partial charge in [-0.15, -0.1) is 0 Å². The zero-order chi connectivity index (χ0) is 37.1. The van der Waals surface area contributed by atoms with Crippen molar-refractivity contribution < 1.29 is 30.0 Å². The van der Waals surface area contributed by atoms with Gasteiger partial charge in [-0.2, -0.15) is 0 Å². The second-order valence-corrected chi connectivity index (χ2v) is 15.0. The number of carbonyl (C=O) groups excluding carboxylic acids is 2. The standard InChI is InChI=1S/C40H51N9O3.Co/c1-4-18-47-29-39(51)48-34(21-31-14-16-36(50)17-15-31)25-43(28-38(48)49(47)40(52)41-22-32-10-7-6-8-11-32)24-33-12-9-13-37(42-33)46-26-35(27-46)45-20-19-44(5-2)30(3)23-45;/h4,6-17,30,34-35,38,50H,1,5,18-24,26-29H2,2-3H3,(H,41,52);/t30-,34-,38-;/m0./s1. The molecule has 0 aliphatic carbocycles. The van der Waals surface area contributed by atoms with E-state index in [4.69, 9.17) is 20.3 Å². The van der Waals surface area contributed by atoms with Crippen LogP contribution < -0.4 is 10.2 Å². The molecule has 3 aromatic rings. The fourth-order valence-corrected chi connectivity index (χ4v) is 8.58. The van der Waals surface area contributed by atoms with Gasteiger partial charge in [0.15, 0.2) is 0 Å². The number of fused-ring (bicyclic) bond motifs is 1.